The van der Waals surface area contributed by atoms with Crippen molar-refractivity contribution >= 4 is 38.6 Å². The predicted molar refractivity (Wildman–Crippen MR) is 125 cm³/mol. The lowest BCUT2D eigenvalue weighted by atomic mass is 10.2. The molecule has 4 rings (SSSR count). The largest absolute Gasteiger partial charge is 0.445 e. The molecule has 9 heteroatoms. The van der Waals surface area contributed by atoms with E-state index >= 15 is 0 Å². The highest BCUT2D eigenvalue weighted by Gasteiger charge is 2.21. The molecule has 0 spiro atoms. The van der Waals surface area contributed by atoms with Crippen molar-refractivity contribution in [1.82, 2.24) is 10.3 Å². The Bertz CT molecular complexity index is 1350. The number of carbonyl (C=O) groups is 2. The van der Waals surface area contributed by atoms with E-state index < -0.39 is 17.8 Å². The summed E-state index contributed by atoms with van der Waals surface area (Å²) in [5.41, 5.74) is 1.35. The van der Waals surface area contributed by atoms with Crippen LogP contribution in [0.5, 0.6) is 0 Å². The Morgan fingerprint density at radius 3 is 2.45 bits per heavy atom. The third kappa shape index (κ3) is 5.09. The summed E-state index contributed by atoms with van der Waals surface area (Å²) in [6, 6.07) is 17.3. The van der Waals surface area contributed by atoms with E-state index in [2.05, 4.69) is 15.6 Å². The van der Waals surface area contributed by atoms with Gasteiger partial charge in [0.15, 0.2) is 0 Å². The maximum Gasteiger partial charge on any atom is 0.408 e. The Morgan fingerprint density at radius 2 is 1.76 bits per heavy atom. The van der Waals surface area contributed by atoms with Crippen molar-refractivity contribution in [3.05, 3.63) is 93.7 Å². The first-order valence-corrected chi connectivity index (χ1v) is 11.0. The van der Waals surface area contributed by atoms with Crippen LogP contribution in [0.15, 0.2) is 69.9 Å². The smallest absolute Gasteiger partial charge is 0.408 e. The topological polar surface area (TPSA) is 111 Å². The number of ether oxygens (including phenoxy) is 1. The molecule has 0 fully saturated rings. The number of carbonyl (C=O) groups excluding carboxylic acids is 2. The first-order valence-electron chi connectivity index (χ1n) is 10.2. The molecule has 4 aromatic rings. The standard InChI is InChI=1S/C24H21N3O5S/c1-14-18-22(33-21(14)26-19(28)17-11-7-4-8-12-17)27-20(32-23(18)29)15(2)25-24(30)31-13-16-9-5-3-6-10-16/h3-12,15H,13H2,1-2H3,(H,25,30)(H,26,28)/t15-/m0/s1. The molecule has 0 aliphatic carbocycles. The molecule has 2 aromatic carbocycles. The second-order valence-corrected chi connectivity index (χ2v) is 8.32. The number of benzene rings is 2. The highest BCUT2D eigenvalue weighted by atomic mass is 32.1. The minimum atomic E-state index is -0.699. The lowest BCUT2D eigenvalue weighted by Gasteiger charge is -2.12. The number of rotatable bonds is 6. The van der Waals surface area contributed by atoms with Crippen molar-refractivity contribution in [1.29, 1.82) is 0 Å². The van der Waals surface area contributed by atoms with E-state index in [1.54, 1.807) is 38.1 Å². The van der Waals surface area contributed by atoms with Crippen LogP contribution < -0.4 is 16.3 Å². The van der Waals surface area contributed by atoms with Gasteiger partial charge in [-0.3, -0.25) is 4.79 Å². The molecular weight excluding hydrogens is 442 g/mol. The lowest BCUT2D eigenvalue weighted by Crippen LogP contribution is -2.28. The predicted octanol–water partition coefficient (Wildman–Crippen LogP) is 4.80. The number of nitrogens with one attached hydrogen (secondary N) is 2. The van der Waals surface area contributed by atoms with E-state index in [0.29, 0.717) is 26.3 Å². The fraction of sp³-hybridized carbons (Fsp3) is 0.167. The van der Waals surface area contributed by atoms with E-state index in [4.69, 9.17) is 9.15 Å². The fourth-order valence-corrected chi connectivity index (χ4v) is 4.23. The van der Waals surface area contributed by atoms with Crippen LogP contribution in [0.1, 0.15) is 40.3 Å². The van der Waals surface area contributed by atoms with Gasteiger partial charge in [0.25, 0.3) is 5.91 Å². The normalized spacial score (nSPS) is 11.7. The first-order chi connectivity index (χ1) is 15.9. The zero-order valence-corrected chi connectivity index (χ0v) is 18.8. The van der Waals surface area contributed by atoms with Crippen molar-refractivity contribution < 1.29 is 18.7 Å². The second kappa shape index (κ2) is 9.66. The number of fused-ring (bicyclic) bond motifs is 1. The van der Waals surface area contributed by atoms with Gasteiger partial charge >= 0.3 is 11.7 Å². The van der Waals surface area contributed by atoms with Gasteiger partial charge in [-0.25, -0.2) is 14.6 Å². The van der Waals surface area contributed by atoms with Gasteiger partial charge < -0.3 is 19.8 Å². The summed E-state index contributed by atoms with van der Waals surface area (Å²) < 4.78 is 10.6. The van der Waals surface area contributed by atoms with Crippen molar-refractivity contribution in [3.8, 4) is 0 Å². The van der Waals surface area contributed by atoms with Crippen molar-refractivity contribution in [2.45, 2.75) is 26.5 Å². The van der Waals surface area contributed by atoms with Gasteiger partial charge in [0, 0.05) is 11.1 Å². The summed E-state index contributed by atoms with van der Waals surface area (Å²) >= 11 is 1.17. The van der Waals surface area contributed by atoms with Gasteiger partial charge in [0.05, 0.1) is 0 Å². The van der Waals surface area contributed by atoms with Gasteiger partial charge in [-0.2, -0.15) is 0 Å². The van der Waals surface area contributed by atoms with Gasteiger partial charge in [-0.05, 0) is 31.5 Å². The van der Waals surface area contributed by atoms with E-state index in [-0.39, 0.29) is 18.4 Å². The Labute approximate surface area is 193 Å². The Kier molecular flexibility index (Phi) is 6.50. The van der Waals surface area contributed by atoms with Gasteiger partial charge in [-0.1, -0.05) is 59.9 Å². The quantitative estimate of drug-likeness (QED) is 0.425. The van der Waals surface area contributed by atoms with Gasteiger partial charge in [0.1, 0.15) is 27.9 Å². The summed E-state index contributed by atoms with van der Waals surface area (Å²) in [7, 11) is 0. The Morgan fingerprint density at radius 1 is 1.09 bits per heavy atom. The zero-order chi connectivity index (χ0) is 23.4. The van der Waals surface area contributed by atoms with Crippen LogP contribution in [0.25, 0.3) is 10.2 Å². The van der Waals surface area contributed by atoms with Crippen LogP contribution in [0.4, 0.5) is 9.80 Å². The molecule has 1 atom stereocenters. The number of thiophene rings is 1. The molecule has 2 heterocycles. The molecular formula is C24H21N3O5S. The maximum atomic E-state index is 12.6. The molecule has 33 heavy (non-hydrogen) atoms. The van der Waals surface area contributed by atoms with Crippen molar-refractivity contribution in [2.75, 3.05) is 5.32 Å². The van der Waals surface area contributed by atoms with Crippen LogP contribution in [-0.2, 0) is 11.3 Å². The Balaban J connectivity index is 1.49. The molecule has 0 saturated carbocycles. The van der Waals surface area contributed by atoms with Crippen LogP contribution >= 0.6 is 11.3 Å². The van der Waals surface area contributed by atoms with E-state index in [1.165, 1.54) is 11.3 Å². The average Bonchev–Trinajstić information content (AvgIpc) is 3.14. The fourth-order valence-electron chi connectivity index (χ4n) is 3.16. The van der Waals surface area contributed by atoms with Crippen molar-refractivity contribution in [2.24, 2.45) is 0 Å². The molecule has 8 nitrogen and oxygen atoms in total. The molecule has 2 amide bonds. The zero-order valence-electron chi connectivity index (χ0n) is 18.0. The maximum absolute atomic E-state index is 12.6. The molecule has 0 bridgehead atoms. The molecule has 0 aliphatic rings. The van der Waals surface area contributed by atoms with Crippen molar-refractivity contribution in [3.63, 3.8) is 0 Å². The third-order valence-corrected chi connectivity index (χ3v) is 6.02. The van der Waals surface area contributed by atoms with E-state index in [9.17, 15) is 14.4 Å². The molecule has 168 valence electrons. The summed E-state index contributed by atoms with van der Waals surface area (Å²) in [5, 5.41) is 6.25. The minimum absolute atomic E-state index is 0.0475. The molecule has 0 aliphatic heterocycles. The summed E-state index contributed by atoms with van der Waals surface area (Å²) in [6.07, 6.45) is -0.658. The van der Waals surface area contributed by atoms with E-state index in [0.717, 1.165) is 5.56 Å². The number of hydrogen-bond acceptors (Lipinski definition) is 7. The number of hydrogen-bond donors (Lipinski definition) is 2. The lowest BCUT2D eigenvalue weighted by molar-refractivity contribution is 0.102. The third-order valence-electron chi connectivity index (χ3n) is 4.92. The van der Waals surface area contributed by atoms with Crippen LogP contribution in [0.2, 0.25) is 0 Å². The number of anilines is 1. The number of alkyl carbamates (subject to hydrolysis) is 1. The molecule has 2 N–H and O–H groups in total. The number of aromatic nitrogens is 1. The summed E-state index contributed by atoms with van der Waals surface area (Å²) in [6.45, 7) is 3.48. The summed E-state index contributed by atoms with van der Waals surface area (Å²) in [4.78, 5) is 42.1. The monoisotopic (exact) mass is 463 g/mol. The molecule has 2 aromatic heterocycles. The number of aryl methyl sites for hydroxylation is 1. The van der Waals surface area contributed by atoms with Crippen LogP contribution in [0.3, 0.4) is 0 Å². The molecule has 0 unspecified atom stereocenters. The second-order valence-electron chi connectivity index (χ2n) is 7.32. The van der Waals surface area contributed by atoms with Crippen LogP contribution in [0, 0.1) is 6.92 Å². The number of nitrogens with zero attached hydrogens (tertiary/aromatic N) is 1. The van der Waals surface area contributed by atoms with E-state index in [1.807, 2.05) is 36.4 Å². The molecule has 0 saturated heterocycles. The summed E-state index contributed by atoms with van der Waals surface area (Å²) in [5.74, 6) is -0.239. The average molecular weight is 464 g/mol. The minimum Gasteiger partial charge on any atom is -0.445 e. The van der Waals surface area contributed by atoms with Gasteiger partial charge in [-0.15, -0.1) is 0 Å². The van der Waals surface area contributed by atoms with Crippen LogP contribution in [-0.4, -0.2) is 17.0 Å². The Hall–Kier alpha value is -3.98. The highest BCUT2D eigenvalue weighted by molar-refractivity contribution is 7.22. The SMILES string of the molecule is Cc1c(NC(=O)c2ccccc2)sc2nc([C@H](C)NC(=O)OCc3ccccc3)oc(=O)c12. The molecule has 0 radical (unpaired) electrons. The number of amides is 2. The van der Waals surface area contributed by atoms with Gasteiger partial charge in [0.2, 0.25) is 5.89 Å². The first kappa shape index (κ1) is 22.2. The highest BCUT2D eigenvalue weighted by Crippen LogP contribution is 2.33.